The van der Waals surface area contributed by atoms with Gasteiger partial charge in [-0.1, -0.05) is 30.3 Å². The first kappa shape index (κ1) is 22.5. The number of imidazole rings is 1. The first-order valence-electron chi connectivity index (χ1n) is 11.0. The van der Waals surface area contributed by atoms with Crippen LogP contribution in [0.4, 0.5) is 0 Å². The van der Waals surface area contributed by atoms with E-state index in [-0.39, 0.29) is 10.8 Å². The molecule has 0 bridgehead atoms. The summed E-state index contributed by atoms with van der Waals surface area (Å²) < 4.78 is 27.8. The molecule has 0 saturated carbocycles. The number of piperidine rings is 1. The third-order valence-corrected chi connectivity index (χ3v) is 8.08. The Morgan fingerprint density at radius 2 is 1.81 bits per heavy atom. The van der Waals surface area contributed by atoms with Crippen LogP contribution in [0, 0.1) is 5.92 Å². The van der Waals surface area contributed by atoms with Gasteiger partial charge in [0.15, 0.2) is 0 Å². The van der Waals surface area contributed by atoms with E-state index in [1.165, 1.54) is 24.0 Å². The largest absolute Gasteiger partial charge is 0.343 e. The van der Waals surface area contributed by atoms with E-state index in [0.29, 0.717) is 24.4 Å². The van der Waals surface area contributed by atoms with Gasteiger partial charge in [0, 0.05) is 40.2 Å². The van der Waals surface area contributed by atoms with Gasteiger partial charge in [0.25, 0.3) is 0 Å². The van der Waals surface area contributed by atoms with Crippen molar-refractivity contribution < 1.29 is 13.2 Å². The molecular weight excluding hydrogens is 424 g/mol. The molecule has 1 fully saturated rings. The van der Waals surface area contributed by atoms with Gasteiger partial charge in [-0.25, -0.2) is 17.7 Å². The molecule has 1 saturated heterocycles. The Kier molecular flexibility index (Phi) is 6.62. The van der Waals surface area contributed by atoms with Crippen LogP contribution in [0.3, 0.4) is 0 Å². The van der Waals surface area contributed by atoms with Crippen molar-refractivity contribution in [3.63, 3.8) is 0 Å². The fourth-order valence-corrected chi connectivity index (χ4v) is 5.22. The summed E-state index contributed by atoms with van der Waals surface area (Å²) >= 11 is 0. The Balaban J connectivity index is 1.32. The number of hydrogen-bond acceptors (Lipinski definition) is 4. The lowest BCUT2D eigenvalue weighted by Crippen LogP contribution is -2.39. The molecule has 4 rings (SSSR count). The highest BCUT2D eigenvalue weighted by molar-refractivity contribution is 7.89. The molecule has 0 unspecified atom stereocenters. The zero-order chi connectivity index (χ0) is 22.7. The van der Waals surface area contributed by atoms with Crippen molar-refractivity contribution >= 4 is 27.0 Å². The van der Waals surface area contributed by atoms with Gasteiger partial charge in [-0.15, -0.1) is 0 Å². The van der Waals surface area contributed by atoms with Gasteiger partial charge in [-0.3, -0.25) is 4.79 Å². The van der Waals surface area contributed by atoms with Gasteiger partial charge >= 0.3 is 0 Å². The topological polar surface area (TPSA) is 75.5 Å². The molecule has 170 valence electrons. The number of benzene rings is 2. The van der Waals surface area contributed by atoms with E-state index in [2.05, 4.69) is 29.2 Å². The Morgan fingerprint density at radius 1 is 1.09 bits per heavy atom. The molecule has 0 N–H and O–H groups in total. The summed E-state index contributed by atoms with van der Waals surface area (Å²) in [4.78, 5) is 19.3. The second-order valence-electron chi connectivity index (χ2n) is 8.64. The van der Waals surface area contributed by atoms with Crippen LogP contribution in [0.1, 0.15) is 24.8 Å². The number of rotatable bonds is 7. The number of aryl methyl sites for hydroxylation is 1. The predicted molar refractivity (Wildman–Crippen MR) is 125 cm³/mol. The Morgan fingerprint density at radius 3 is 2.50 bits per heavy atom. The average molecular weight is 455 g/mol. The second kappa shape index (κ2) is 9.42. The molecule has 1 amide bonds. The van der Waals surface area contributed by atoms with Crippen molar-refractivity contribution in [2.45, 2.75) is 37.1 Å². The SMILES string of the molecule is CN(C)S(=O)(=O)c1ccc2c(c1)ncn2CCC(=O)N1CCC(Cc2ccccc2)CC1. The number of nitrogens with zero attached hydrogens (tertiary/aromatic N) is 4. The highest BCUT2D eigenvalue weighted by Crippen LogP contribution is 2.23. The Hall–Kier alpha value is -2.71. The third kappa shape index (κ3) is 4.86. The van der Waals surface area contributed by atoms with Gasteiger partial charge in [-0.2, -0.15) is 0 Å². The third-order valence-electron chi connectivity index (χ3n) is 6.27. The van der Waals surface area contributed by atoms with Crippen LogP contribution < -0.4 is 0 Å². The summed E-state index contributed by atoms with van der Waals surface area (Å²) in [6.07, 6.45) is 5.24. The van der Waals surface area contributed by atoms with Crippen LogP contribution in [-0.2, 0) is 27.8 Å². The summed E-state index contributed by atoms with van der Waals surface area (Å²) in [6.45, 7) is 2.15. The average Bonchev–Trinajstić information content (AvgIpc) is 3.21. The minimum absolute atomic E-state index is 0.164. The summed E-state index contributed by atoms with van der Waals surface area (Å²) in [5, 5.41) is 0. The minimum Gasteiger partial charge on any atom is -0.343 e. The van der Waals surface area contributed by atoms with Crippen LogP contribution in [-0.4, -0.2) is 60.3 Å². The number of carbonyl (C=O) groups excluding carboxylic acids is 1. The first-order valence-corrected chi connectivity index (χ1v) is 12.5. The lowest BCUT2D eigenvalue weighted by molar-refractivity contribution is -0.132. The van der Waals surface area contributed by atoms with E-state index < -0.39 is 10.0 Å². The van der Waals surface area contributed by atoms with E-state index in [0.717, 1.165) is 37.9 Å². The van der Waals surface area contributed by atoms with Crippen molar-refractivity contribution in [3.8, 4) is 0 Å². The van der Waals surface area contributed by atoms with Crippen molar-refractivity contribution in [3.05, 3.63) is 60.4 Å². The monoisotopic (exact) mass is 454 g/mol. The molecule has 8 heteroatoms. The maximum atomic E-state index is 12.8. The van der Waals surface area contributed by atoms with Gasteiger partial charge in [0.2, 0.25) is 15.9 Å². The van der Waals surface area contributed by atoms with E-state index in [4.69, 9.17) is 0 Å². The van der Waals surface area contributed by atoms with Crippen molar-refractivity contribution in [1.29, 1.82) is 0 Å². The molecule has 1 aliphatic heterocycles. The summed E-state index contributed by atoms with van der Waals surface area (Å²) in [7, 11) is -0.484. The molecule has 0 aliphatic carbocycles. The van der Waals surface area contributed by atoms with Crippen LogP contribution in [0.5, 0.6) is 0 Å². The van der Waals surface area contributed by atoms with E-state index in [9.17, 15) is 13.2 Å². The van der Waals surface area contributed by atoms with Crippen molar-refractivity contribution in [2.75, 3.05) is 27.2 Å². The van der Waals surface area contributed by atoms with Crippen LogP contribution in [0.25, 0.3) is 11.0 Å². The first-order chi connectivity index (χ1) is 15.3. The van der Waals surface area contributed by atoms with Crippen molar-refractivity contribution in [2.24, 2.45) is 5.92 Å². The predicted octanol–water partition coefficient (Wildman–Crippen LogP) is 3.16. The number of hydrogen-bond donors (Lipinski definition) is 0. The van der Waals surface area contributed by atoms with Gasteiger partial charge in [0.1, 0.15) is 0 Å². The number of sulfonamides is 1. The lowest BCUT2D eigenvalue weighted by Gasteiger charge is -2.32. The number of amides is 1. The molecule has 7 nitrogen and oxygen atoms in total. The number of aromatic nitrogens is 2. The molecule has 0 radical (unpaired) electrons. The summed E-state index contributed by atoms with van der Waals surface area (Å²) in [5.74, 6) is 0.795. The van der Waals surface area contributed by atoms with Crippen LogP contribution in [0.2, 0.25) is 0 Å². The molecule has 3 aromatic rings. The van der Waals surface area contributed by atoms with Gasteiger partial charge in [0.05, 0.1) is 22.3 Å². The molecule has 1 aromatic heterocycles. The van der Waals surface area contributed by atoms with Crippen LogP contribution >= 0.6 is 0 Å². The van der Waals surface area contributed by atoms with E-state index in [1.807, 2.05) is 15.5 Å². The fourth-order valence-electron chi connectivity index (χ4n) is 4.30. The molecule has 0 atom stereocenters. The highest BCUT2D eigenvalue weighted by Gasteiger charge is 2.23. The van der Waals surface area contributed by atoms with E-state index in [1.54, 1.807) is 24.5 Å². The summed E-state index contributed by atoms with van der Waals surface area (Å²) in [5.41, 5.74) is 2.81. The van der Waals surface area contributed by atoms with Crippen LogP contribution in [0.15, 0.2) is 59.8 Å². The smallest absolute Gasteiger partial charge is 0.242 e. The maximum Gasteiger partial charge on any atom is 0.242 e. The van der Waals surface area contributed by atoms with E-state index >= 15 is 0 Å². The zero-order valence-electron chi connectivity index (χ0n) is 18.6. The molecule has 0 spiro atoms. The van der Waals surface area contributed by atoms with Crippen molar-refractivity contribution in [1.82, 2.24) is 18.8 Å². The quantitative estimate of drug-likeness (QED) is 0.550. The molecule has 1 aliphatic rings. The summed E-state index contributed by atoms with van der Waals surface area (Å²) in [6, 6.07) is 15.5. The minimum atomic E-state index is -3.50. The Bertz CT molecular complexity index is 1180. The number of fused-ring (bicyclic) bond motifs is 1. The molecule has 2 aromatic carbocycles. The fraction of sp³-hybridized carbons (Fsp3) is 0.417. The lowest BCUT2D eigenvalue weighted by atomic mass is 9.90. The van der Waals surface area contributed by atoms with Gasteiger partial charge in [-0.05, 0) is 48.9 Å². The molecule has 2 heterocycles. The molecule has 32 heavy (non-hydrogen) atoms. The number of likely N-dealkylation sites (tertiary alicyclic amines) is 1. The van der Waals surface area contributed by atoms with Gasteiger partial charge < -0.3 is 9.47 Å². The normalized spacial score (nSPS) is 15.5. The maximum absolute atomic E-state index is 12.8. The zero-order valence-corrected chi connectivity index (χ0v) is 19.5. The number of carbonyl (C=O) groups is 1. The second-order valence-corrected chi connectivity index (χ2v) is 10.8. The molecular formula is C24H30N4O3S. The standard InChI is InChI=1S/C24H30N4O3S/c1-26(2)32(30,31)21-8-9-23-22(17-21)25-18-28(23)15-12-24(29)27-13-10-20(11-14-27)16-19-6-4-3-5-7-19/h3-9,17-18,20H,10-16H2,1-2H3. The highest BCUT2D eigenvalue weighted by atomic mass is 32.2. The Labute approximate surface area is 189 Å².